The van der Waals surface area contributed by atoms with Gasteiger partial charge in [-0.05, 0) is 12.1 Å². The van der Waals surface area contributed by atoms with Gasteiger partial charge in [0.2, 0.25) is 0 Å². The van der Waals surface area contributed by atoms with E-state index < -0.39 is 12.4 Å². The van der Waals surface area contributed by atoms with E-state index >= 15 is 0 Å². The minimum atomic E-state index is -0.596. The number of hydrogen-bond acceptors (Lipinski definition) is 5. The number of thioether (sulfide) groups is 1. The van der Waals surface area contributed by atoms with Gasteiger partial charge in [-0.1, -0.05) is 67.2 Å². The van der Waals surface area contributed by atoms with Crippen LogP contribution in [0.5, 0.6) is 0 Å². The Kier molecular flexibility index (Phi) is 5.10. The Morgan fingerprint density at radius 3 is 2.36 bits per heavy atom. The molecular weight excluding hydrogens is 336 g/mol. The SMILES string of the molecule is C[C@@H]1C(O)[C@@H](Sc2ccccc2)OC2COC(c3ccccc3)O[C@H]21. The lowest BCUT2D eigenvalue weighted by Gasteiger charge is -2.47. The molecule has 0 amide bonds. The van der Waals surface area contributed by atoms with Crippen LogP contribution in [0.2, 0.25) is 0 Å². The Balaban J connectivity index is 1.46. The molecule has 2 aromatic carbocycles. The highest BCUT2D eigenvalue weighted by molar-refractivity contribution is 7.99. The smallest absolute Gasteiger partial charge is 0.184 e. The van der Waals surface area contributed by atoms with Crippen molar-refractivity contribution in [1.82, 2.24) is 0 Å². The molecule has 0 spiro atoms. The molecule has 2 saturated heterocycles. The highest BCUT2D eigenvalue weighted by Crippen LogP contribution is 2.41. The van der Waals surface area contributed by atoms with Gasteiger partial charge in [0.15, 0.2) is 6.29 Å². The maximum absolute atomic E-state index is 10.7. The first-order valence-corrected chi connectivity index (χ1v) is 9.47. The van der Waals surface area contributed by atoms with Crippen molar-refractivity contribution in [3.63, 3.8) is 0 Å². The van der Waals surface area contributed by atoms with Crippen LogP contribution in [0.3, 0.4) is 0 Å². The molecule has 2 aliphatic heterocycles. The van der Waals surface area contributed by atoms with Crippen molar-refractivity contribution in [2.45, 2.75) is 41.9 Å². The molecule has 0 saturated carbocycles. The zero-order chi connectivity index (χ0) is 17.2. The topological polar surface area (TPSA) is 47.9 Å². The predicted molar refractivity (Wildman–Crippen MR) is 96.1 cm³/mol. The normalized spacial score (nSPS) is 35.1. The van der Waals surface area contributed by atoms with Gasteiger partial charge < -0.3 is 19.3 Å². The average Bonchev–Trinajstić information content (AvgIpc) is 2.67. The van der Waals surface area contributed by atoms with Crippen molar-refractivity contribution in [2.75, 3.05) is 6.61 Å². The van der Waals surface area contributed by atoms with E-state index in [1.54, 1.807) is 11.8 Å². The number of rotatable bonds is 3. The summed E-state index contributed by atoms with van der Waals surface area (Å²) in [5.41, 5.74) is 0.669. The van der Waals surface area contributed by atoms with Crippen LogP contribution in [0.4, 0.5) is 0 Å². The Morgan fingerprint density at radius 1 is 0.960 bits per heavy atom. The van der Waals surface area contributed by atoms with Crippen molar-refractivity contribution in [2.24, 2.45) is 5.92 Å². The molecule has 5 heteroatoms. The van der Waals surface area contributed by atoms with Gasteiger partial charge in [-0.3, -0.25) is 0 Å². The molecule has 0 radical (unpaired) electrons. The minimum absolute atomic E-state index is 0.0323. The van der Waals surface area contributed by atoms with E-state index in [4.69, 9.17) is 14.2 Å². The van der Waals surface area contributed by atoms with E-state index in [1.807, 2.05) is 67.6 Å². The van der Waals surface area contributed by atoms with Crippen LogP contribution < -0.4 is 0 Å². The van der Waals surface area contributed by atoms with Crippen molar-refractivity contribution in [1.29, 1.82) is 0 Å². The van der Waals surface area contributed by atoms with E-state index in [0.717, 1.165) is 10.5 Å². The summed E-state index contributed by atoms with van der Waals surface area (Å²) < 4.78 is 18.1. The van der Waals surface area contributed by atoms with Gasteiger partial charge in [0, 0.05) is 16.4 Å². The third-order valence-corrected chi connectivity index (χ3v) is 5.94. The summed E-state index contributed by atoms with van der Waals surface area (Å²) in [5, 5.41) is 10.7. The second-order valence-electron chi connectivity index (χ2n) is 6.50. The van der Waals surface area contributed by atoms with Crippen LogP contribution in [-0.4, -0.2) is 35.5 Å². The zero-order valence-electron chi connectivity index (χ0n) is 14.0. The molecule has 0 aromatic heterocycles. The van der Waals surface area contributed by atoms with E-state index in [0.29, 0.717) is 6.61 Å². The lowest BCUT2D eigenvalue weighted by molar-refractivity contribution is -0.307. The molecule has 0 aliphatic carbocycles. The van der Waals surface area contributed by atoms with E-state index in [1.165, 1.54) is 0 Å². The standard InChI is InChI=1S/C20H22O4S/c1-13-17(21)20(25-15-10-6-3-7-11-15)23-16-12-22-19(24-18(13)16)14-8-4-2-5-9-14/h2-11,13,16-21H,12H2,1H3/t13-,16?,17?,18+,19?,20-/m1/s1. The van der Waals surface area contributed by atoms with Crippen LogP contribution in [0.1, 0.15) is 18.8 Å². The number of aliphatic hydroxyl groups is 1. The number of ether oxygens (including phenoxy) is 3. The summed E-state index contributed by atoms with van der Waals surface area (Å²) in [6.45, 7) is 2.49. The highest BCUT2D eigenvalue weighted by atomic mass is 32.2. The molecule has 3 unspecified atom stereocenters. The molecule has 4 rings (SSSR count). The Labute approximate surface area is 152 Å². The van der Waals surface area contributed by atoms with E-state index in [2.05, 4.69) is 0 Å². The quantitative estimate of drug-likeness (QED) is 0.908. The van der Waals surface area contributed by atoms with Crippen LogP contribution in [-0.2, 0) is 14.2 Å². The molecule has 0 bridgehead atoms. The summed E-state index contributed by atoms with van der Waals surface area (Å²) >= 11 is 1.55. The second kappa shape index (κ2) is 7.48. The third-order valence-electron chi connectivity index (χ3n) is 4.77. The largest absolute Gasteiger partial charge is 0.389 e. The molecule has 4 nitrogen and oxygen atoms in total. The fourth-order valence-electron chi connectivity index (χ4n) is 3.34. The summed E-state index contributed by atoms with van der Waals surface area (Å²) in [6.07, 6.45) is -1.35. The summed E-state index contributed by atoms with van der Waals surface area (Å²) in [4.78, 5) is 1.08. The van der Waals surface area contributed by atoms with E-state index in [-0.39, 0.29) is 23.6 Å². The minimum Gasteiger partial charge on any atom is -0.389 e. The van der Waals surface area contributed by atoms with Crippen molar-refractivity contribution < 1.29 is 19.3 Å². The fourth-order valence-corrected chi connectivity index (χ4v) is 4.50. The maximum Gasteiger partial charge on any atom is 0.184 e. The first kappa shape index (κ1) is 17.1. The molecule has 132 valence electrons. The monoisotopic (exact) mass is 358 g/mol. The van der Waals surface area contributed by atoms with Gasteiger partial charge in [-0.25, -0.2) is 0 Å². The second-order valence-corrected chi connectivity index (χ2v) is 7.67. The number of benzene rings is 2. The van der Waals surface area contributed by atoms with Crippen LogP contribution >= 0.6 is 11.8 Å². The van der Waals surface area contributed by atoms with Gasteiger partial charge in [0.25, 0.3) is 0 Å². The molecular formula is C20H22O4S. The zero-order valence-corrected chi connectivity index (χ0v) is 14.8. The van der Waals surface area contributed by atoms with Crippen molar-refractivity contribution in [3.8, 4) is 0 Å². The predicted octanol–water partition coefficient (Wildman–Crippen LogP) is 3.61. The first-order chi connectivity index (χ1) is 12.2. The summed E-state index contributed by atoms with van der Waals surface area (Å²) in [5.74, 6) is -0.0323. The number of fused-ring (bicyclic) bond motifs is 1. The van der Waals surface area contributed by atoms with Crippen LogP contribution in [0, 0.1) is 5.92 Å². The molecule has 2 heterocycles. The van der Waals surface area contributed by atoms with Crippen LogP contribution in [0.15, 0.2) is 65.6 Å². The third kappa shape index (κ3) is 3.61. The Morgan fingerprint density at radius 2 is 1.64 bits per heavy atom. The lowest BCUT2D eigenvalue weighted by Crippen LogP contribution is -2.57. The van der Waals surface area contributed by atoms with Gasteiger partial charge >= 0.3 is 0 Å². The molecule has 2 fully saturated rings. The molecule has 1 N–H and O–H groups in total. The lowest BCUT2D eigenvalue weighted by atomic mass is 9.91. The summed E-state index contributed by atoms with van der Waals surface area (Å²) in [7, 11) is 0. The number of hydrogen-bond donors (Lipinski definition) is 1. The molecule has 2 aromatic rings. The number of aliphatic hydroxyl groups excluding tert-OH is 1. The van der Waals surface area contributed by atoms with Gasteiger partial charge in [-0.15, -0.1) is 0 Å². The fraction of sp³-hybridized carbons (Fsp3) is 0.400. The van der Waals surface area contributed by atoms with E-state index in [9.17, 15) is 5.11 Å². The first-order valence-electron chi connectivity index (χ1n) is 8.59. The highest BCUT2D eigenvalue weighted by Gasteiger charge is 2.47. The molecule has 6 atom stereocenters. The molecule has 25 heavy (non-hydrogen) atoms. The Hall–Kier alpha value is -1.37. The van der Waals surface area contributed by atoms with Gasteiger partial charge in [-0.2, -0.15) is 0 Å². The van der Waals surface area contributed by atoms with Crippen molar-refractivity contribution in [3.05, 3.63) is 66.2 Å². The van der Waals surface area contributed by atoms with Gasteiger partial charge in [0.1, 0.15) is 11.5 Å². The average molecular weight is 358 g/mol. The molecule has 2 aliphatic rings. The summed E-state index contributed by atoms with van der Waals surface area (Å²) in [6, 6.07) is 19.9. The van der Waals surface area contributed by atoms with Crippen LogP contribution in [0.25, 0.3) is 0 Å². The van der Waals surface area contributed by atoms with Crippen molar-refractivity contribution >= 4 is 11.8 Å². The maximum atomic E-state index is 10.7. The van der Waals surface area contributed by atoms with Gasteiger partial charge in [0.05, 0.1) is 18.8 Å². The Bertz CT molecular complexity index is 679.